The molecule has 2 rings (SSSR count). The first kappa shape index (κ1) is 14.4. The van der Waals surface area contributed by atoms with Gasteiger partial charge in [-0.1, -0.05) is 32.6 Å². The van der Waals surface area contributed by atoms with Gasteiger partial charge < -0.3 is 10.6 Å². The maximum absolute atomic E-state index is 11.9. The van der Waals surface area contributed by atoms with Crippen LogP contribution in [0.5, 0.6) is 0 Å². The zero-order chi connectivity index (χ0) is 13.7. The third kappa shape index (κ3) is 4.51. The number of carbonyl (C=O) groups is 2. The summed E-state index contributed by atoms with van der Waals surface area (Å²) in [6, 6.07) is 0. The Hall–Kier alpha value is -1.06. The highest BCUT2D eigenvalue weighted by atomic mass is 16.2. The summed E-state index contributed by atoms with van der Waals surface area (Å²) in [7, 11) is 0. The van der Waals surface area contributed by atoms with Gasteiger partial charge in [-0.2, -0.15) is 0 Å². The number of rotatable bonds is 4. The lowest BCUT2D eigenvalue weighted by Gasteiger charge is -2.26. The summed E-state index contributed by atoms with van der Waals surface area (Å²) in [6.45, 7) is 3.63. The third-order valence-electron chi connectivity index (χ3n) is 4.62. The van der Waals surface area contributed by atoms with Gasteiger partial charge in [0.1, 0.15) is 0 Å². The minimum atomic E-state index is -0.0240. The summed E-state index contributed by atoms with van der Waals surface area (Å²) < 4.78 is 0. The van der Waals surface area contributed by atoms with Crippen molar-refractivity contribution < 1.29 is 9.59 Å². The van der Waals surface area contributed by atoms with Crippen molar-refractivity contribution >= 4 is 11.8 Å². The van der Waals surface area contributed by atoms with Crippen molar-refractivity contribution in [3.63, 3.8) is 0 Å². The van der Waals surface area contributed by atoms with Crippen LogP contribution < -0.4 is 10.6 Å². The minimum Gasteiger partial charge on any atom is -0.356 e. The maximum atomic E-state index is 11.9. The zero-order valence-electron chi connectivity index (χ0n) is 11.9. The van der Waals surface area contributed by atoms with Gasteiger partial charge in [0.15, 0.2) is 0 Å². The molecule has 1 saturated carbocycles. The predicted molar refractivity (Wildman–Crippen MR) is 74.5 cm³/mol. The zero-order valence-corrected chi connectivity index (χ0v) is 11.9. The van der Waals surface area contributed by atoms with Gasteiger partial charge in [-0.05, 0) is 24.7 Å². The van der Waals surface area contributed by atoms with Crippen molar-refractivity contribution in [3.8, 4) is 0 Å². The fraction of sp³-hybridized carbons (Fsp3) is 0.867. The van der Waals surface area contributed by atoms with E-state index in [4.69, 9.17) is 0 Å². The first-order valence-corrected chi connectivity index (χ1v) is 7.69. The molecule has 4 nitrogen and oxygen atoms in total. The quantitative estimate of drug-likeness (QED) is 0.816. The van der Waals surface area contributed by atoms with Crippen molar-refractivity contribution in [2.24, 2.45) is 17.8 Å². The van der Waals surface area contributed by atoms with Gasteiger partial charge >= 0.3 is 0 Å². The SMILES string of the molecule is CC1CCC(CCNC(=O)C2CCC(=O)NC2)CC1. The Kier molecular flexibility index (Phi) is 5.23. The standard InChI is InChI=1S/C15H26N2O2/c1-11-2-4-12(5-3-11)8-9-16-15(19)13-6-7-14(18)17-10-13/h11-13H,2-10H2,1H3,(H,16,19)(H,17,18). The topological polar surface area (TPSA) is 58.2 Å². The predicted octanol–water partition coefficient (Wildman–Crippen LogP) is 1.85. The van der Waals surface area contributed by atoms with Crippen LogP contribution in [-0.2, 0) is 9.59 Å². The molecule has 2 fully saturated rings. The second-order valence-corrected chi connectivity index (χ2v) is 6.25. The van der Waals surface area contributed by atoms with Gasteiger partial charge in [0.25, 0.3) is 0 Å². The van der Waals surface area contributed by atoms with Gasteiger partial charge in [0, 0.05) is 19.5 Å². The summed E-state index contributed by atoms with van der Waals surface area (Å²) in [5, 5.41) is 5.79. The molecule has 1 heterocycles. The van der Waals surface area contributed by atoms with Crippen LogP contribution in [0.15, 0.2) is 0 Å². The lowest BCUT2D eigenvalue weighted by molar-refractivity contribution is -0.128. The average molecular weight is 266 g/mol. The second-order valence-electron chi connectivity index (χ2n) is 6.25. The molecule has 0 aromatic rings. The van der Waals surface area contributed by atoms with Gasteiger partial charge in [-0.25, -0.2) is 0 Å². The maximum Gasteiger partial charge on any atom is 0.224 e. The van der Waals surface area contributed by atoms with Gasteiger partial charge in [0.05, 0.1) is 5.92 Å². The summed E-state index contributed by atoms with van der Waals surface area (Å²) in [5.74, 6) is 1.84. The second kappa shape index (κ2) is 6.92. The Morgan fingerprint density at radius 1 is 1.26 bits per heavy atom. The lowest BCUT2D eigenvalue weighted by atomic mass is 9.81. The molecule has 1 aliphatic carbocycles. The van der Waals surface area contributed by atoms with Crippen molar-refractivity contribution in [2.75, 3.05) is 13.1 Å². The van der Waals surface area contributed by atoms with E-state index in [9.17, 15) is 9.59 Å². The molecule has 2 aliphatic rings. The van der Waals surface area contributed by atoms with Crippen LogP contribution in [-0.4, -0.2) is 24.9 Å². The smallest absolute Gasteiger partial charge is 0.224 e. The summed E-state index contributed by atoms with van der Waals surface area (Å²) >= 11 is 0. The lowest BCUT2D eigenvalue weighted by Crippen LogP contribution is -2.43. The first-order chi connectivity index (χ1) is 9.15. The van der Waals surface area contributed by atoms with E-state index in [0.717, 1.165) is 24.8 Å². The Morgan fingerprint density at radius 3 is 2.63 bits per heavy atom. The molecule has 1 unspecified atom stereocenters. The van der Waals surface area contributed by atoms with E-state index in [2.05, 4.69) is 17.6 Å². The molecular formula is C15H26N2O2. The van der Waals surface area contributed by atoms with Crippen LogP contribution in [0.25, 0.3) is 0 Å². The minimum absolute atomic E-state index is 0.0240. The molecule has 2 amide bonds. The van der Waals surface area contributed by atoms with Crippen LogP contribution in [0.3, 0.4) is 0 Å². The molecule has 108 valence electrons. The van der Waals surface area contributed by atoms with Crippen LogP contribution >= 0.6 is 0 Å². The van der Waals surface area contributed by atoms with Crippen molar-refractivity contribution in [1.29, 1.82) is 0 Å². The molecule has 0 spiro atoms. The molecule has 0 bridgehead atoms. The number of amides is 2. The fourth-order valence-electron chi connectivity index (χ4n) is 3.12. The molecular weight excluding hydrogens is 240 g/mol. The average Bonchev–Trinajstić information content (AvgIpc) is 2.41. The monoisotopic (exact) mass is 266 g/mol. The normalized spacial score (nSPS) is 31.6. The van der Waals surface area contributed by atoms with Crippen molar-refractivity contribution in [3.05, 3.63) is 0 Å². The largest absolute Gasteiger partial charge is 0.356 e. The molecule has 19 heavy (non-hydrogen) atoms. The summed E-state index contributed by atoms with van der Waals surface area (Å²) in [4.78, 5) is 23.0. The van der Waals surface area contributed by atoms with Crippen LogP contribution in [0, 0.1) is 17.8 Å². The van der Waals surface area contributed by atoms with Gasteiger partial charge in [-0.15, -0.1) is 0 Å². The summed E-state index contributed by atoms with van der Waals surface area (Å²) in [5.41, 5.74) is 0. The van der Waals surface area contributed by atoms with Crippen LogP contribution in [0.1, 0.15) is 51.9 Å². The first-order valence-electron chi connectivity index (χ1n) is 7.69. The van der Waals surface area contributed by atoms with Gasteiger partial charge in [-0.3, -0.25) is 9.59 Å². The molecule has 0 radical (unpaired) electrons. The highest BCUT2D eigenvalue weighted by molar-refractivity contribution is 5.83. The van der Waals surface area contributed by atoms with E-state index in [1.165, 1.54) is 25.7 Å². The molecule has 1 saturated heterocycles. The number of piperidine rings is 1. The third-order valence-corrected chi connectivity index (χ3v) is 4.62. The number of hydrogen-bond donors (Lipinski definition) is 2. The van der Waals surface area contributed by atoms with E-state index in [-0.39, 0.29) is 17.7 Å². The molecule has 4 heteroatoms. The molecule has 1 atom stereocenters. The number of hydrogen-bond acceptors (Lipinski definition) is 2. The molecule has 0 aromatic heterocycles. The highest BCUT2D eigenvalue weighted by Gasteiger charge is 2.24. The molecule has 2 N–H and O–H groups in total. The van der Waals surface area contributed by atoms with E-state index in [1.807, 2.05) is 0 Å². The van der Waals surface area contributed by atoms with E-state index in [1.54, 1.807) is 0 Å². The molecule has 1 aliphatic heterocycles. The van der Waals surface area contributed by atoms with Gasteiger partial charge in [0.2, 0.25) is 11.8 Å². The van der Waals surface area contributed by atoms with Crippen molar-refractivity contribution in [2.45, 2.75) is 51.9 Å². The Balaban J connectivity index is 1.60. The van der Waals surface area contributed by atoms with E-state index >= 15 is 0 Å². The van der Waals surface area contributed by atoms with Crippen LogP contribution in [0.2, 0.25) is 0 Å². The number of nitrogens with one attached hydrogen (secondary N) is 2. The van der Waals surface area contributed by atoms with E-state index < -0.39 is 0 Å². The molecule has 0 aromatic carbocycles. The highest BCUT2D eigenvalue weighted by Crippen LogP contribution is 2.29. The van der Waals surface area contributed by atoms with Crippen LogP contribution in [0.4, 0.5) is 0 Å². The van der Waals surface area contributed by atoms with E-state index in [0.29, 0.717) is 19.4 Å². The fourth-order valence-corrected chi connectivity index (χ4v) is 3.12. The van der Waals surface area contributed by atoms with Crippen molar-refractivity contribution in [1.82, 2.24) is 10.6 Å². The Morgan fingerprint density at radius 2 is 2.00 bits per heavy atom. The number of carbonyl (C=O) groups excluding carboxylic acids is 2. The summed E-state index contributed by atoms with van der Waals surface area (Å²) in [6.07, 6.45) is 7.60. The Labute approximate surface area is 115 Å². The Bertz CT molecular complexity index is 312.